The van der Waals surface area contributed by atoms with Crippen molar-refractivity contribution in [3.8, 4) is 5.75 Å². The van der Waals surface area contributed by atoms with E-state index in [1.54, 1.807) is 7.11 Å². The van der Waals surface area contributed by atoms with Crippen molar-refractivity contribution in [3.05, 3.63) is 23.8 Å². The van der Waals surface area contributed by atoms with Gasteiger partial charge in [-0.05, 0) is 44.4 Å². The largest absolute Gasteiger partial charge is 0.496 e. The number of benzene rings is 1. The second-order valence-electron chi connectivity index (χ2n) is 5.47. The molecule has 0 amide bonds. The van der Waals surface area contributed by atoms with Crippen LogP contribution in [-0.4, -0.2) is 41.0 Å². The molecule has 0 unspecified atom stereocenters. The van der Waals surface area contributed by atoms with E-state index < -0.39 is 0 Å². The molecule has 0 atom stereocenters. The van der Waals surface area contributed by atoms with Gasteiger partial charge in [0.15, 0.2) is 0 Å². The third kappa shape index (κ3) is 4.84. The van der Waals surface area contributed by atoms with E-state index in [0.29, 0.717) is 0 Å². The minimum Gasteiger partial charge on any atom is -0.496 e. The number of hydrogen-bond donors (Lipinski definition) is 0. The summed E-state index contributed by atoms with van der Waals surface area (Å²) >= 11 is 0. The summed E-state index contributed by atoms with van der Waals surface area (Å²) in [4.78, 5) is 0. The molecule has 3 nitrogen and oxygen atoms in total. The summed E-state index contributed by atoms with van der Waals surface area (Å²) in [5, 5.41) is 0. The Morgan fingerprint density at radius 3 is 2.53 bits per heavy atom. The maximum Gasteiger partial charge on any atom is 0.136 e. The van der Waals surface area contributed by atoms with Crippen LogP contribution in [0.1, 0.15) is 25.3 Å². The van der Waals surface area contributed by atoms with Gasteiger partial charge in [0.25, 0.3) is 0 Å². The fourth-order valence-electron chi connectivity index (χ4n) is 2.17. The number of ether oxygens (including phenoxy) is 2. The van der Waals surface area contributed by atoms with Gasteiger partial charge in [0, 0.05) is 19.3 Å². The Kier molecular flexibility index (Phi) is 6.32. The first-order valence-electron chi connectivity index (χ1n) is 7.07. The van der Waals surface area contributed by atoms with Crippen molar-refractivity contribution in [1.82, 2.24) is 4.48 Å². The molecule has 0 saturated heterocycles. The quantitative estimate of drug-likeness (QED) is 0.530. The molecule has 108 valence electrons. The first-order chi connectivity index (χ1) is 9.01. The Hall–Kier alpha value is -1.06. The number of hydrogen-bond acceptors (Lipinski definition) is 2. The van der Waals surface area contributed by atoms with Gasteiger partial charge >= 0.3 is 0 Å². The lowest BCUT2D eigenvalue weighted by molar-refractivity contribution is 0.141. The van der Waals surface area contributed by atoms with Gasteiger partial charge in [-0.1, -0.05) is 0 Å². The number of aryl methyl sites for hydroxylation is 1. The molecule has 1 aromatic carbocycles. The summed E-state index contributed by atoms with van der Waals surface area (Å²) in [7, 11) is 6.21. The van der Waals surface area contributed by atoms with Gasteiger partial charge in [0.1, 0.15) is 11.4 Å². The molecule has 0 aliphatic carbocycles. The highest BCUT2D eigenvalue weighted by molar-refractivity contribution is 5.50. The smallest absolute Gasteiger partial charge is 0.136 e. The van der Waals surface area contributed by atoms with E-state index in [-0.39, 0.29) is 0 Å². The number of methoxy groups -OCH3 is 1. The van der Waals surface area contributed by atoms with Crippen LogP contribution in [0.4, 0.5) is 5.69 Å². The SMILES string of the molecule is CCOCCCC[N+](C)(C)c1ccc(C)c(OC)c1. The molecule has 0 aliphatic rings. The average Bonchev–Trinajstić information content (AvgIpc) is 2.38. The molecule has 0 aromatic heterocycles. The molecule has 0 radical (unpaired) electrons. The van der Waals surface area contributed by atoms with E-state index in [1.807, 2.05) is 6.92 Å². The van der Waals surface area contributed by atoms with Crippen molar-refractivity contribution in [3.63, 3.8) is 0 Å². The molecule has 0 saturated carbocycles. The van der Waals surface area contributed by atoms with Crippen LogP contribution in [-0.2, 0) is 4.74 Å². The van der Waals surface area contributed by atoms with Crippen LogP contribution in [0.5, 0.6) is 5.75 Å². The van der Waals surface area contributed by atoms with Crippen molar-refractivity contribution in [2.45, 2.75) is 26.7 Å². The van der Waals surface area contributed by atoms with E-state index in [2.05, 4.69) is 39.2 Å². The first-order valence-corrected chi connectivity index (χ1v) is 7.07. The molecule has 0 heterocycles. The lowest BCUT2D eigenvalue weighted by atomic mass is 10.1. The summed E-state index contributed by atoms with van der Waals surface area (Å²) in [5.74, 6) is 0.970. The second kappa shape index (κ2) is 7.51. The Morgan fingerprint density at radius 1 is 1.16 bits per heavy atom. The zero-order valence-corrected chi connectivity index (χ0v) is 13.0. The number of unbranched alkanes of at least 4 members (excludes halogenated alkanes) is 1. The lowest BCUT2D eigenvalue weighted by Gasteiger charge is -2.29. The summed E-state index contributed by atoms with van der Waals surface area (Å²) < 4.78 is 11.7. The minimum absolute atomic E-state index is 0.813. The molecule has 0 spiro atoms. The van der Waals surface area contributed by atoms with E-state index in [1.165, 1.54) is 17.7 Å². The Morgan fingerprint density at radius 2 is 1.89 bits per heavy atom. The van der Waals surface area contributed by atoms with Crippen LogP contribution < -0.4 is 9.22 Å². The standard InChI is InChI=1S/C16H28NO2/c1-6-19-12-8-7-11-17(3,4)15-10-9-14(2)16(13-15)18-5/h9-10,13H,6-8,11-12H2,1-5H3/q+1. The average molecular weight is 266 g/mol. The number of rotatable bonds is 8. The maximum absolute atomic E-state index is 5.41. The minimum atomic E-state index is 0.813. The maximum atomic E-state index is 5.41. The Balaban J connectivity index is 2.60. The number of quaternary nitrogens is 1. The molecule has 3 heteroatoms. The molecule has 19 heavy (non-hydrogen) atoms. The van der Waals surface area contributed by atoms with Crippen molar-refractivity contribution in [2.24, 2.45) is 0 Å². The molecule has 0 aliphatic heterocycles. The van der Waals surface area contributed by atoms with Gasteiger partial charge in [-0.3, -0.25) is 4.48 Å². The van der Waals surface area contributed by atoms with E-state index in [9.17, 15) is 0 Å². The summed E-state index contributed by atoms with van der Waals surface area (Å²) in [6.45, 7) is 6.91. The van der Waals surface area contributed by atoms with Crippen molar-refractivity contribution >= 4 is 5.69 Å². The lowest BCUT2D eigenvalue weighted by Crippen LogP contribution is -2.41. The Labute approximate surface area is 117 Å². The van der Waals surface area contributed by atoms with Gasteiger partial charge in [0.2, 0.25) is 0 Å². The van der Waals surface area contributed by atoms with Gasteiger partial charge in [-0.25, -0.2) is 0 Å². The topological polar surface area (TPSA) is 18.5 Å². The van der Waals surface area contributed by atoms with Crippen molar-refractivity contribution in [1.29, 1.82) is 0 Å². The van der Waals surface area contributed by atoms with E-state index in [4.69, 9.17) is 9.47 Å². The van der Waals surface area contributed by atoms with E-state index in [0.717, 1.165) is 36.4 Å². The second-order valence-corrected chi connectivity index (χ2v) is 5.47. The third-order valence-corrected chi connectivity index (χ3v) is 3.55. The fraction of sp³-hybridized carbons (Fsp3) is 0.625. The van der Waals surface area contributed by atoms with Crippen LogP contribution in [0.2, 0.25) is 0 Å². The molecular formula is C16H28NO2+. The third-order valence-electron chi connectivity index (χ3n) is 3.55. The van der Waals surface area contributed by atoms with Gasteiger partial charge in [-0.15, -0.1) is 0 Å². The first kappa shape index (κ1) is 16.0. The van der Waals surface area contributed by atoms with Crippen LogP contribution in [0.15, 0.2) is 18.2 Å². The van der Waals surface area contributed by atoms with E-state index >= 15 is 0 Å². The molecular weight excluding hydrogens is 238 g/mol. The highest BCUT2D eigenvalue weighted by atomic mass is 16.5. The van der Waals surface area contributed by atoms with Crippen LogP contribution in [0.3, 0.4) is 0 Å². The number of nitrogens with zero attached hydrogens (tertiary/aromatic N) is 1. The van der Waals surface area contributed by atoms with Gasteiger partial charge in [-0.2, -0.15) is 0 Å². The zero-order chi connectivity index (χ0) is 14.3. The molecule has 0 bridgehead atoms. The van der Waals surface area contributed by atoms with Crippen LogP contribution >= 0.6 is 0 Å². The summed E-state index contributed by atoms with van der Waals surface area (Å²) in [6, 6.07) is 6.48. The highest BCUT2D eigenvalue weighted by Crippen LogP contribution is 2.27. The van der Waals surface area contributed by atoms with Crippen molar-refractivity contribution in [2.75, 3.05) is 41.0 Å². The van der Waals surface area contributed by atoms with Crippen LogP contribution in [0, 0.1) is 6.92 Å². The highest BCUT2D eigenvalue weighted by Gasteiger charge is 2.19. The molecule has 1 rings (SSSR count). The normalized spacial score (nSPS) is 11.6. The summed E-state index contributed by atoms with van der Waals surface area (Å²) in [5.41, 5.74) is 2.47. The van der Waals surface area contributed by atoms with Crippen molar-refractivity contribution < 1.29 is 9.47 Å². The molecule has 1 aromatic rings. The Bertz CT molecular complexity index is 388. The fourth-order valence-corrected chi connectivity index (χ4v) is 2.17. The zero-order valence-electron chi connectivity index (χ0n) is 13.0. The summed E-state index contributed by atoms with van der Waals surface area (Å²) in [6.07, 6.45) is 2.29. The van der Waals surface area contributed by atoms with Crippen LogP contribution in [0.25, 0.3) is 0 Å². The van der Waals surface area contributed by atoms with Gasteiger partial charge in [0.05, 0.1) is 27.7 Å². The monoisotopic (exact) mass is 266 g/mol. The molecule has 0 N–H and O–H groups in total. The molecule has 0 fully saturated rings. The van der Waals surface area contributed by atoms with Gasteiger partial charge < -0.3 is 9.47 Å². The predicted molar refractivity (Wildman–Crippen MR) is 82.0 cm³/mol. The predicted octanol–water partition coefficient (Wildman–Crippen LogP) is 3.39.